The van der Waals surface area contributed by atoms with Gasteiger partial charge in [0.2, 0.25) is 0 Å². The van der Waals surface area contributed by atoms with E-state index in [4.69, 9.17) is 0 Å². The summed E-state index contributed by atoms with van der Waals surface area (Å²) in [5.74, 6) is 0. The van der Waals surface area contributed by atoms with Gasteiger partial charge in [0.15, 0.2) is 0 Å². The Balaban J connectivity index is 3.07. The highest BCUT2D eigenvalue weighted by Crippen LogP contribution is 1.86. The van der Waals surface area contributed by atoms with Gasteiger partial charge in [0.1, 0.15) is 0 Å². The molecule has 0 saturated heterocycles. The van der Waals surface area contributed by atoms with Gasteiger partial charge in [0, 0.05) is 0 Å². The summed E-state index contributed by atoms with van der Waals surface area (Å²) in [6.45, 7) is 0. The summed E-state index contributed by atoms with van der Waals surface area (Å²) in [4.78, 5) is 3.56. The maximum absolute atomic E-state index is 3.10. The van der Waals surface area contributed by atoms with Gasteiger partial charge in [0.05, 0.1) is 0 Å². The van der Waals surface area contributed by atoms with E-state index in [-0.39, 0.29) is 0 Å². The Morgan fingerprint density at radius 2 is 1.17 bits per heavy atom. The lowest BCUT2D eigenvalue weighted by atomic mass is 10.6. The first-order valence-corrected chi connectivity index (χ1v) is 3.27. The van der Waals surface area contributed by atoms with Crippen molar-refractivity contribution in [3.63, 3.8) is 0 Å². The molecule has 0 spiro atoms. The second-order valence-corrected chi connectivity index (χ2v) is 1.69. The van der Waals surface area contributed by atoms with Crippen LogP contribution in [0.2, 0.25) is 0 Å². The van der Waals surface area contributed by atoms with Gasteiger partial charge < -0.3 is 0 Å². The van der Waals surface area contributed by atoms with Gasteiger partial charge in [-0.15, -0.1) is 0 Å². The van der Waals surface area contributed by atoms with E-state index < -0.39 is 0 Å². The van der Waals surface area contributed by atoms with Crippen molar-refractivity contribution in [2.75, 3.05) is 0 Å². The molecule has 0 heterocycles. The van der Waals surface area contributed by atoms with Crippen molar-refractivity contribution in [1.29, 1.82) is 0 Å². The van der Waals surface area contributed by atoms with E-state index in [1.165, 1.54) is 0 Å². The Morgan fingerprint density at radius 3 is 1.33 bits per heavy atom. The van der Waals surface area contributed by atoms with Gasteiger partial charge in [0.25, 0.3) is 0 Å². The molecule has 0 aromatic heterocycles. The smallest absolute Gasteiger partial charge is 0.0189 e. The second kappa shape index (κ2) is 5.44. The minimum absolute atomic E-state index is 1.78. The molecule has 0 fully saturated rings. The zero-order chi connectivity index (χ0) is 4.83. The minimum Gasteiger partial charge on any atom is -0.0595 e. The van der Waals surface area contributed by atoms with Gasteiger partial charge in [-0.3, -0.25) is 0 Å². The van der Waals surface area contributed by atoms with Crippen LogP contribution in [0.15, 0.2) is 22.1 Å². The van der Waals surface area contributed by atoms with Crippen LogP contribution >= 0.6 is 31.9 Å². The first kappa shape index (κ1) is 6.44. The van der Waals surface area contributed by atoms with E-state index in [1.54, 1.807) is 9.97 Å². The lowest BCUT2D eigenvalue weighted by molar-refractivity contribution is 2.11. The van der Waals surface area contributed by atoms with E-state index >= 15 is 0 Å². The summed E-state index contributed by atoms with van der Waals surface area (Å²) in [5.41, 5.74) is 0. The third kappa shape index (κ3) is 4.44. The highest BCUT2D eigenvalue weighted by atomic mass is 79.9. The standard InChI is InChI=1S/C4H4Br2/c5-3-1-2-4-6/h1-4H/b3-1-,4-2-. The van der Waals surface area contributed by atoms with E-state index in [1.807, 2.05) is 12.2 Å². The lowest BCUT2D eigenvalue weighted by Crippen LogP contribution is -1.33. The third-order valence-corrected chi connectivity index (χ3v) is 0.867. The number of rotatable bonds is 1. The fourth-order valence-corrected chi connectivity index (χ4v) is 0.436. The topological polar surface area (TPSA) is 0 Å². The molecule has 0 aliphatic heterocycles. The molecule has 0 unspecified atom stereocenters. The van der Waals surface area contributed by atoms with Crippen molar-refractivity contribution < 1.29 is 0 Å². The number of halogens is 2. The molecule has 0 bridgehead atoms. The van der Waals surface area contributed by atoms with Crippen LogP contribution < -0.4 is 0 Å². The second-order valence-electron chi connectivity index (χ2n) is 0.637. The molecular weight excluding hydrogens is 208 g/mol. The summed E-state index contributed by atoms with van der Waals surface area (Å²) in [6.07, 6.45) is 3.74. The van der Waals surface area contributed by atoms with E-state index in [9.17, 15) is 0 Å². The van der Waals surface area contributed by atoms with Crippen LogP contribution in [0, 0.1) is 0 Å². The van der Waals surface area contributed by atoms with Gasteiger partial charge in [-0.05, 0) is 9.97 Å². The first-order valence-electron chi connectivity index (χ1n) is 1.44. The molecule has 0 aliphatic carbocycles. The first-order chi connectivity index (χ1) is 2.91. The molecule has 0 rings (SSSR count). The van der Waals surface area contributed by atoms with E-state index in [2.05, 4.69) is 31.9 Å². The minimum atomic E-state index is 1.78. The summed E-state index contributed by atoms with van der Waals surface area (Å²) >= 11 is 6.20. The SMILES string of the molecule is Br/C=C\C=C/Br. The number of allylic oxidation sites excluding steroid dienone is 2. The molecule has 2 heteroatoms. The summed E-state index contributed by atoms with van der Waals surface area (Å²) in [5, 5.41) is 0. The maximum atomic E-state index is 3.10. The van der Waals surface area contributed by atoms with Crippen LogP contribution in [-0.2, 0) is 0 Å². The summed E-state index contributed by atoms with van der Waals surface area (Å²) < 4.78 is 0. The molecule has 0 aromatic carbocycles. The summed E-state index contributed by atoms with van der Waals surface area (Å²) in [7, 11) is 0. The Bertz CT molecular complexity index is 53.9. The van der Waals surface area contributed by atoms with Crippen molar-refractivity contribution in [2.24, 2.45) is 0 Å². The molecule has 0 nitrogen and oxygen atoms in total. The van der Waals surface area contributed by atoms with Crippen LogP contribution in [0.4, 0.5) is 0 Å². The number of hydrogen-bond donors (Lipinski definition) is 0. The van der Waals surface area contributed by atoms with Gasteiger partial charge in [-0.1, -0.05) is 44.0 Å². The van der Waals surface area contributed by atoms with Gasteiger partial charge in [-0.2, -0.15) is 0 Å². The van der Waals surface area contributed by atoms with E-state index in [0.717, 1.165) is 0 Å². The zero-order valence-corrected chi connectivity index (χ0v) is 6.24. The molecule has 0 amide bonds. The molecule has 0 atom stereocenters. The fraction of sp³-hybridized carbons (Fsp3) is 0. The van der Waals surface area contributed by atoms with Crippen molar-refractivity contribution in [3.05, 3.63) is 22.1 Å². The molecular formula is C4H4Br2. The molecule has 0 aromatic rings. The molecule has 6 heavy (non-hydrogen) atoms. The molecule has 0 aliphatic rings. The lowest BCUT2D eigenvalue weighted by Gasteiger charge is -1.59. The van der Waals surface area contributed by atoms with Crippen molar-refractivity contribution >= 4 is 31.9 Å². The van der Waals surface area contributed by atoms with Crippen molar-refractivity contribution in [2.45, 2.75) is 0 Å². The monoisotopic (exact) mass is 210 g/mol. The van der Waals surface area contributed by atoms with Crippen molar-refractivity contribution in [1.82, 2.24) is 0 Å². The van der Waals surface area contributed by atoms with E-state index in [0.29, 0.717) is 0 Å². The van der Waals surface area contributed by atoms with Crippen LogP contribution in [0.5, 0.6) is 0 Å². The molecule has 0 saturated carbocycles. The van der Waals surface area contributed by atoms with Crippen LogP contribution in [0.3, 0.4) is 0 Å². The predicted molar refractivity (Wildman–Crippen MR) is 36.1 cm³/mol. The molecule has 34 valence electrons. The summed E-state index contributed by atoms with van der Waals surface area (Å²) in [6, 6.07) is 0. The van der Waals surface area contributed by atoms with Crippen molar-refractivity contribution in [3.8, 4) is 0 Å². The largest absolute Gasteiger partial charge is 0.0595 e. The Hall–Kier alpha value is 0.440. The number of hydrogen-bond acceptors (Lipinski definition) is 0. The highest BCUT2D eigenvalue weighted by molar-refractivity contribution is 9.11. The van der Waals surface area contributed by atoms with Gasteiger partial charge >= 0.3 is 0 Å². The normalized spacial score (nSPS) is 11.7. The average Bonchev–Trinajstić information content (AvgIpc) is 1.61. The Kier molecular flexibility index (Phi) is 5.84. The maximum Gasteiger partial charge on any atom is -0.0189 e. The average molecular weight is 212 g/mol. The Morgan fingerprint density at radius 1 is 0.833 bits per heavy atom. The quantitative estimate of drug-likeness (QED) is 0.586. The predicted octanol–water partition coefficient (Wildman–Crippen LogP) is 2.80. The van der Waals surface area contributed by atoms with Crippen LogP contribution in [0.1, 0.15) is 0 Å². The molecule has 0 N–H and O–H groups in total. The van der Waals surface area contributed by atoms with Crippen LogP contribution in [0.25, 0.3) is 0 Å². The molecule has 0 radical (unpaired) electrons. The Labute approximate surface area is 54.2 Å². The third-order valence-electron chi connectivity index (χ3n) is 0.257. The van der Waals surface area contributed by atoms with Gasteiger partial charge in [-0.25, -0.2) is 0 Å². The zero-order valence-electron chi connectivity index (χ0n) is 3.07. The fourth-order valence-electron chi connectivity index (χ4n) is 0.0840. The highest BCUT2D eigenvalue weighted by Gasteiger charge is 1.51. The van der Waals surface area contributed by atoms with Crippen LogP contribution in [-0.4, -0.2) is 0 Å².